The van der Waals surface area contributed by atoms with E-state index in [0.29, 0.717) is 0 Å². The van der Waals surface area contributed by atoms with E-state index >= 15 is 0 Å². The van der Waals surface area contributed by atoms with Gasteiger partial charge in [-0.05, 0) is 6.42 Å². The van der Waals surface area contributed by atoms with Gasteiger partial charge in [-0.3, -0.25) is 4.55 Å². The SMILES string of the molecule is O=S(=O)(O)OC[C@H]1CC(O)[C@H](O)[C@@H](O)[C@H]1O. The molecule has 0 amide bonds. The Balaban J connectivity index is 2.61. The molecule has 9 heteroatoms. The van der Waals surface area contributed by atoms with Crippen LogP contribution in [0.2, 0.25) is 0 Å². The zero-order chi connectivity index (χ0) is 12.5. The first-order chi connectivity index (χ1) is 7.22. The molecular formula is C7H14O8S. The fourth-order valence-corrected chi connectivity index (χ4v) is 1.98. The summed E-state index contributed by atoms with van der Waals surface area (Å²) in [5.74, 6) is -0.893. The first-order valence-electron chi connectivity index (χ1n) is 4.56. The summed E-state index contributed by atoms with van der Waals surface area (Å²) in [4.78, 5) is 0. The maximum Gasteiger partial charge on any atom is 0.397 e. The summed E-state index contributed by atoms with van der Waals surface area (Å²) < 4.78 is 32.9. The molecule has 0 radical (unpaired) electrons. The van der Waals surface area contributed by atoms with Gasteiger partial charge in [0.2, 0.25) is 0 Å². The molecule has 16 heavy (non-hydrogen) atoms. The smallest absolute Gasteiger partial charge is 0.390 e. The summed E-state index contributed by atoms with van der Waals surface area (Å²) in [6.07, 6.45) is -5.93. The molecule has 5 atom stereocenters. The summed E-state index contributed by atoms with van der Waals surface area (Å²) in [7, 11) is -4.63. The largest absolute Gasteiger partial charge is 0.397 e. The van der Waals surface area contributed by atoms with Gasteiger partial charge in [0.25, 0.3) is 0 Å². The number of aliphatic hydroxyl groups is 4. The minimum atomic E-state index is -4.63. The number of hydrogen-bond donors (Lipinski definition) is 5. The molecule has 0 aromatic rings. The Labute approximate surface area is 92.1 Å². The second kappa shape index (κ2) is 4.92. The molecule has 96 valence electrons. The monoisotopic (exact) mass is 258 g/mol. The topological polar surface area (TPSA) is 145 Å². The van der Waals surface area contributed by atoms with Crippen LogP contribution >= 0.6 is 0 Å². The first kappa shape index (κ1) is 13.8. The normalized spacial score (nSPS) is 40.9. The maximum atomic E-state index is 10.3. The molecule has 1 aliphatic rings. The molecule has 8 nitrogen and oxygen atoms in total. The van der Waals surface area contributed by atoms with E-state index < -0.39 is 47.3 Å². The summed E-state index contributed by atoms with van der Waals surface area (Å²) in [6, 6.07) is 0. The molecule has 0 aromatic heterocycles. The van der Waals surface area contributed by atoms with Crippen molar-refractivity contribution in [3.63, 3.8) is 0 Å². The molecule has 0 spiro atoms. The molecule has 1 unspecified atom stereocenters. The lowest BCUT2D eigenvalue weighted by Crippen LogP contribution is -2.54. The van der Waals surface area contributed by atoms with E-state index in [1.165, 1.54) is 0 Å². The van der Waals surface area contributed by atoms with Crippen molar-refractivity contribution in [2.75, 3.05) is 6.61 Å². The van der Waals surface area contributed by atoms with Crippen LogP contribution in [-0.4, -0.2) is 64.4 Å². The number of rotatable bonds is 3. The van der Waals surface area contributed by atoms with E-state index in [1.54, 1.807) is 0 Å². The predicted octanol–water partition coefficient (Wildman–Crippen LogP) is -2.73. The van der Waals surface area contributed by atoms with Gasteiger partial charge in [-0.2, -0.15) is 8.42 Å². The van der Waals surface area contributed by atoms with Crippen molar-refractivity contribution in [1.29, 1.82) is 0 Å². The lowest BCUT2D eigenvalue weighted by atomic mass is 9.81. The van der Waals surface area contributed by atoms with E-state index in [0.717, 1.165) is 0 Å². The second-order valence-electron chi connectivity index (χ2n) is 3.75. The van der Waals surface area contributed by atoms with Crippen LogP contribution in [0.1, 0.15) is 6.42 Å². The summed E-state index contributed by atoms with van der Waals surface area (Å²) >= 11 is 0. The molecule has 1 saturated carbocycles. The van der Waals surface area contributed by atoms with E-state index in [1.807, 2.05) is 0 Å². The molecule has 5 N–H and O–H groups in total. The van der Waals surface area contributed by atoms with Crippen molar-refractivity contribution in [2.45, 2.75) is 30.8 Å². The molecule has 0 heterocycles. The Hall–Kier alpha value is -0.290. The molecule has 0 aliphatic heterocycles. The van der Waals surface area contributed by atoms with E-state index in [9.17, 15) is 28.8 Å². The first-order valence-corrected chi connectivity index (χ1v) is 5.93. The Morgan fingerprint density at radius 1 is 1.06 bits per heavy atom. The van der Waals surface area contributed by atoms with Crippen LogP contribution in [0.3, 0.4) is 0 Å². The van der Waals surface area contributed by atoms with Crippen LogP contribution in [0.5, 0.6) is 0 Å². The molecule has 1 rings (SSSR count). The van der Waals surface area contributed by atoms with Gasteiger partial charge in [0.05, 0.1) is 18.8 Å². The zero-order valence-electron chi connectivity index (χ0n) is 8.17. The highest BCUT2D eigenvalue weighted by Crippen LogP contribution is 2.26. The van der Waals surface area contributed by atoms with Gasteiger partial charge in [0.15, 0.2) is 0 Å². The van der Waals surface area contributed by atoms with Crippen molar-refractivity contribution in [3.05, 3.63) is 0 Å². The second-order valence-corrected chi connectivity index (χ2v) is 4.84. The molecule has 0 aromatic carbocycles. The molecule has 0 bridgehead atoms. The average Bonchev–Trinajstić information content (AvgIpc) is 2.17. The van der Waals surface area contributed by atoms with Crippen molar-refractivity contribution >= 4 is 10.4 Å². The molecule has 1 aliphatic carbocycles. The lowest BCUT2D eigenvalue weighted by molar-refractivity contribution is -0.161. The zero-order valence-corrected chi connectivity index (χ0v) is 8.99. The van der Waals surface area contributed by atoms with Gasteiger partial charge >= 0.3 is 10.4 Å². The minimum absolute atomic E-state index is 0.144. The maximum absolute atomic E-state index is 10.3. The fourth-order valence-electron chi connectivity index (χ4n) is 1.64. The molecule has 0 saturated heterocycles. The average molecular weight is 258 g/mol. The Morgan fingerprint density at radius 2 is 1.62 bits per heavy atom. The van der Waals surface area contributed by atoms with Gasteiger partial charge in [-0.25, -0.2) is 4.18 Å². The van der Waals surface area contributed by atoms with Crippen LogP contribution in [-0.2, 0) is 14.6 Å². The van der Waals surface area contributed by atoms with Gasteiger partial charge in [-0.15, -0.1) is 0 Å². The quantitative estimate of drug-likeness (QED) is 0.343. The van der Waals surface area contributed by atoms with Crippen molar-refractivity contribution in [1.82, 2.24) is 0 Å². The van der Waals surface area contributed by atoms with Crippen LogP contribution in [0.4, 0.5) is 0 Å². The minimum Gasteiger partial charge on any atom is -0.390 e. The van der Waals surface area contributed by atoms with Crippen LogP contribution < -0.4 is 0 Å². The highest BCUT2D eigenvalue weighted by atomic mass is 32.3. The van der Waals surface area contributed by atoms with Gasteiger partial charge in [0, 0.05) is 5.92 Å². The standard InChI is InChI=1S/C7H14O8S/c8-4-1-3(2-15-16(12,13)14)5(9)7(11)6(4)10/h3-11H,1-2H2,(H,12,13,14)/t3-,4?,5+,6+,7+/m1/s1. The fraction of sp³-hybridized carbons (Fsp3) is 1.00. The number of aliphatic hydroxyl groups excluding tert-OH is 4. The van der Waals surface area contributed by atoms with Crippen LogP contribution in [0.15, 0.2) is 0 Å². The molecular weight excluding hydrogens is 244 g/mol. The predicted molar refractivity (Wildman–Crippen MR) is 49.6 cm³/mol. The van der Waals surface area contributed by atoms with Gasteiger partial charge in [0.1, 0.15) is 12.2 Å². The third-order valence-electron chi connectivity index (χ3n) is 2.55. The highest BCUT2D eigenvalue weighted by molar-refractivity contribution is 7.80. The molecule has 1 fully saturated rings. The van der Waals surface area contributed by atoms with E-state index in [2.05, 4.69) is 4.18 Å². The summed E-state index contributed by atoms with van der Waals surface area (Å²) in [5.41, 5.74) is 0. The van der Waals surface area contributed by atoms with Crippen LogP contribution in [0, 0.1) is 5.92 Å². The summed E-state index contributed by atoms with van der Waals surface area (Å²) in [5, 5.41) is 37.2. The summed E-state index contributed by atoms with van der Waals surface area (Å²) in [6.45, 7) is -0.582. The highest BCUT2D eigenvalue weighted by Gasteiger charge is 2.42. The van der Waals surface area contributed by atoms with E-state index in [4.69, 9.17) is 4.55 Å². The number of hydrogen-bond acceptors (Lipinski definition) is 7. The third-order valence-corrected chi connectivity index (χ3v) is 2.99. The third kappa shape index (κ3) is 3.35. The Kier molecular flexibility index (Phi) is 4.23. The van der Waals surface area contributed by atoms with E-state index in [-0.39, 0.29) is 6.42 Å². The van der Waals surface area contributed by atoms with Crippen molar-refractivity contribution < 1.29 is 37.6 Å². The van der Waals surface area contributed by atoms with Gasteiger partial charge < -0.3 is 20.4 Å². The van der Waals surface area contributed by atoms with Crippen molar-refractivity contribution in [2.24, 2.45) is 5.92 Å². The Morgan fingerprint density at radius 3 is 2.12 bits per heavy atom. The van der Waals surface area contributed by atoms with Crippen molar-refractivity contribution in [3.8, 4) is 0 Å². The lowest BCUT2D eigenvalue weighted by Gasteiger charge is -2.37. The Bertz CT molecular complexity index is 327. The van der Waals surface area contributed by atoms with Crippen LogP contribution in [0.25, 0.3) is 0 Å². The van der Waals surface area contributed by atoms with Gasteiger partial charge in [-0.1, -0.05) is 0 Å².